The lowest BCUT2D eigenvalue weighted by Crippen LogP contribution is -2.46. The van der Waals surface area contributed by atoms with Gasteiger partial charge in [0.1, 0.15) is 12.1 Å². The first-order chi connectivity index (χ1) is 12.1. The van der Waals surface area contributed by atoms with Gasteiger partial charge in [-0.05, 0) is 25.5 Å². The first-order valence-electron chi connectivity index (χ1n) is 8.40. The first-order valence-corrected chi connectivity index (χ1v) is 8.40. The predicted molar refractivity (Wildman–Crippen MR) is 90.5 cm³/mol. The Bertz CT molecular complexity index is 818. The van der Waals surface area contributed by atoms with E-state index >= 15 is 0 Å². The molecule has 0 saturated heterocycles. The van der Waals surface area contributed by atoms with Crippen LogP contribution in [0.25, 0.3) is 0 Å². The Morgan fingerprint density at radius 2 is 2.16 bits per heavy atom. The lowest BCUT2D eigenvalue weighted by molar-refractivity contribution is -0.125. The Morgan fingerprint density at radius 3 is 3.04 bits per heavy atom. The van der Waals surface area contributed by atoms with Gasteiger partial charge in [-0.25, -0.2) is 4.68 Å². The molecule has 2 aromatic rings. The fraction of sp³-hybridized carbons (Fsp3) is 0.412. The molecule has 0 N–H and O–H groups in total. The molecule has 1 aromatic carbocycles. The molecule has 8 heteroatoms. The Labute approximate surface area is 145 Å². The average Bonchev–Trinajstić information content (AvgIpc) is 3.10. The predicted octanol–water partition coefficient (Wildman–Crippen LogP) is 1.22. The molecule has 2 aliphatic rings. The van der Waals surface area contributed by atoms with Crippen LogP contribution in [0.5, 0.6) is 5.75 Å². The second kappa shape index (κ2) is 6.19. The van der Waals surface area contributed by atoms with Gasteiger partial charge in [0.25, 0.3) is 5.91 Å². The fourth-order valence-corrected chi connectivity index (χ4v) is 3.27. The second-order valence-corrected chi connectivity index (χ2v) is 6.15. The van der Waals surface area contributed by atoms with Crippen molar-refractivity contribution in [2.45, 2.75) is 32.4 Å². The highest BCUT2D eigenvalue weighted by atomic mass is 16.5. The van der Waals surface area contributed by atoms with Crippen LogP contribution >= 0.6 is 0 Å². The number of amides is 2. The minimum Gasteiger partial charge on any atom is -0.479 e. The minimum absolute atomic E-state index is 0.0571. The molecule has 0 radical (unpaired) electrons. The highest BCUT2D eigenvalue weighted by Gasteiger charge is 2.32. The van der Waals surface area contributed by atoms with Crippen molar-refractivity contribution in [1.29, 1.82) is 0 Å². The minimum atomic E-state index is -0.553. The van der Waals surface area contributed by atoms with Crippen molar-refractivity contribution in [1.82, 2.24) is 14.8 Å². The van der Waals surface area contributed by atoms with Gasteiger partial charge in [0, 0.05) is 26.1 Å². The zero-order valence-corrected chi connectivity index (χ0v) is 14.0. The van der Waals surface area contributed by atoms with Crippen LogP contribution in [0.3, 0.4) is 0 Å². The molecule has 4 rings (SSSR count). The zero-order valence-electron chi connectivity index (χ0n) is 14.0. The molecule has 130 valence electrons. The van der Waals surface area contributed by atoms with Crippen LogP contribution in [0, 0.1) is 0 Å². The van der Waals surface area contributed by atoms with Crippen molar-refractivity contribution in [3.05, 3.63) is 30.6 Å². The molecule has 0 bridgehead atoms. The third-order valence-electron chi connectivity index (χ3n) is 4.51. The lowest BCUT2D eigenvalue weighted by atomic mass is 10.1. The topological polar surface area (TPSA) is 80.6 Å². The molecule has 1 unspecified atom stereocenters. The van der Waals surface area contributed by atoms with Crippen molar-refractivity contribution >= 4 is 23.5 Å². The van der Waals surface area contributed by atoms with Crippen LogP contribution in [0.15, 0.2) is 30.6 Å². The van der Waals surface area contributed by atoms with Gasteiger partial charge in [-0.15, -0.1) is 0 Å². The number of ether oxygens (including phenoxy) is 1. The van der Waals surface area contributed by atoms with Crippen LogP contribution in [0.1, 0.15) is 19.8 Å². The van der Waals surface area contributed by atoms with Crippen molar-refractivity contribution in [2.75, 3.05) is 22.9 Å². The number of hydrogen-bond donors (Lipinski definition) is 0. The van der Waals surface area contributed by atoms with Crippen molar-refractivity contribution in [2.24, 2.45) is 0 Å². The summed E-state index contributed by atoms with van der Waals surface area (Å²) in [6.07, 6.45) is 1.98. The van der Waals surface area contributed by atoms with Gasteiger partial charge in [-0.1, -0.05) is 12.1 Å². The number of rotatable bonds is 3. The maximum absolute atomic E-state index is 12.7. The molecule has 0 fully saturated rings. The smallest absolute Gasteiger partial charge is 0.267 e. The van der Waals surface area contributed by atoms with Crippen molar-refractivity contribution in [3.63, 3.8) is 0 Å². The van der Waals surface area contributed by atoms with Crippen LogP contribution < -0.4 is 14.5 Å². The van der Waals surface area contributed by atoms with Crippen LogP contribution in [0.4, 0.5) is 11.6 Å². The second-order valence-electron chi connectivity index (χ2n) is 6.15. The molecule has 0 spiro atoms. The molecule has 1 atom stereocenters. The standard InChI is InChI=1S/C17H19N5O3/c1-12-16(24)20(13-5-2-3-6-14(13)25-12)10-7-15(23)21-8-4-9-22-17(21)18-11-19-22/h2-3,5-6,11-12H,4,7-10H2,1H3. The number of anilines is 2. The number of fused-ring (bicyclic) bond motifs is 2. The van der Waals surface area contributed by atoms with E-state index in [9.17, 15) is 9.59 Å². The van der Waals surface area contributed by atoms with Gasteiger partial charge >= 0.3 is 0 Å². The van der Waals surface area contributed by atoms with E-state index in [-0.39, 0.29) is 18.2 Å². The number of aromatic nitrogens is 3. The van der Waals surface area contributed by atoms with Crippen LogP contribution in [-0.4, -0.2) is 45.8 Å². The van der Waals surface area contributed by atoms with E-state index in [4.69, 9.17) is 4.74 Å². The van der Waals surface area contributed by atoms with E-state index in [1.807, 2.05) is 24.3 Å². The third kappa shape index (κ3) is 2.73. The number of hydrogen-bond acceptors (Lipinski definition) is 5. The van der Waals surface area contributed by atoms with Gasteiger partial charge in [0.2, 0.25) is 11.9 Å². The van der Waals surface area contributed by atoms with Crippen LogP contribution in [-0.2, 0) is 16.1 Å². The summed E-state index contributed by atoms with van der Waals surface area (Å²) in [6.45, 7) is 3.43. The molecule has 25 heavy (non-hydrogen) atoms. The van der Waals surface area contributed by atoms with Gasteiger partial charge in [0.05, 0.1) is 5.69 Å². The monoisotopic (exact) mass is 341 g/mol. The number of carbonyl (C=O) groups excluding carboxylic acids is 2. The number of benzene rings is 1. The van der Waals surface area contributed by atoms with Gasteiger partial charge in [-0.2, -0.15) is 10.1 Å². The van der Waals surface area contributed by atoms with Crippen LogP contribution in [0.2, 0.25) is 0 Å². The van der Waals surface area contributed by atoms with E-state index in [0.717, 1.165) is 13.0 Å². The number of para-hydroxylation sites is 2. The molecule has 2 aliphatic heterocycles. The van der Waals surface area contributed by atoms with Crippen molar-refractivity contribution < 1.29 is 14.3 Å². The normalized spacial score (nSPS) is 19.2. The summed E-state index contributed by atoms with van der Waals surface area (Å²) in [7, 11) is 0. The summed E-state index contributed by atoms with van der Waals surface area (Å²) in [5.74, 6) is 1.06. The number of aryl methyl sites for hydroxylation is 1. The first kappa shape index (κ1) is 15.6. The zero-order chi connectivity index (χ0) is 17.4. The van der Waals surface area contributed by atoms with E-state index in [1.165, 1.54) is 6.33 Å². The summed E-state index contributed by atoms with van der Waals surface area (Å²) >= 11 is 0. The van der Waals surface area contributed by atoms with E-state index in [1.54, 1.807) is 21.4 Å². The fourth-order valence-electron chi connectivity index (χ4n) is 3.27. The maximum atomic E-state index is 12.7. The van der Waals surface area contributed by atoms with Gasteiger partial charge in [-0.3, -0.25) is 14.5 Å². The summed E-state index contributed by atoms with van der Waals surface area (Å²) in [5.41, 5.74) is 0.709. The maximum Gasteiger partial charge on any atom is 0.267 e. The SMILES string of the molecule is CC1Oc2ccccc2N(CCC(=O)N2CCCn3ncnc32)C1=O. The molecule has 3 heterocycles. The quantitative estimate of drug-likeness (QED) is 0.838. The van der Waals surface area contributed by atoms with E-state index < -0.39 is 6.10 Å². The van der Waals surface area contributed by atoms with Gasteiger partial charge in [0.15, 0.2) is 6.10 Å². The van der Waals surface area contributed by atoms with E-state index in [0.29, 0.717) is 30.5 Å². The largest absolute Gasteiger partial charge is 0.479 e. The van der Waals surface area contributed by atoms with E-state index in [2.05, 4.69) is 10.1 Å². The Morgan fingerprint density at radius 1 is 1.32 bits per heavy atom. The Balaban J connectivity index is 1.50. The summed E-state index contributed by atoms with van der Waals surface area (Å²) in [5, 5.41) is 4.12. The highest BCUT2D eigenvalue weighted by molar-refractivity contribution is 6.01. The lowest BCUT2D eigenvalue weighted by Gasteiger charge is -2.33. The molecule has 0 saturated carbocycles. The number of carbonyl (C=O) groups is 2. The highest BCUT2D eigenvalue weighted by Crippen LogP contribution is 2.33. The Hall–Kier alpha value is -2.90. The molecule has 2 amide bonds. The molecular formula is C17H19N5O3. The Kier molecular flexibility index (Phi) is 3.87. The molecule has 0 aliphatic carbocycles. The average molecular weight is 341 g/mol. The van der Waals surface area contributed by atoms with Crippen molar-refractivity contribution in [3.8, 4) is 5.75 Å². The summed E-state index contributed by atoms with van der Waals surface area (Å²) in [6, 6.07) is 7.39. The molecule has 1 aromatic heterocycles. The summed E-state index contributed by atoms with van der Waals surface area (Å²) in [4.78, 5) is 32.6. The molecular weight excluding hydrogens is 322 g/mol. The summed E-state index contributed by atoms with van der Waals surface area (Å²) < 4.78 is 7.36. The van der Waals surface area contributed by atoms with Gasteiger partial charge < -0.3 is 9.64 Å². The molecule has 8 nitrogen and oxygen atoms in total. The third-order valence-corrected chi connectivity index (χ3v) is 4.51. The number of nitrogens with zero attached hydrogens (tertiary/aromatic N) is 5.